The van der Waals surface area contributed by atoms with Gasteiger partial charge in [-0.1, -0.05) is 26.0 Å². The van der Waals surface area contributed by atoms with E-state index in [1.807, 2.05) is 26.8 Å². The zero-order chi connectivity index (χ0) is 17.4. The number of nitrogens with one attached hydrogen (secondary N) is 3. The summed E-state index contributed by atoms with van der Waals surface area (Å²) >= 11 is 0. The van der Waals surface area contributed by atoms with Crippen LogP contribution in [0.3, 0.4) is 0 Å². The maximum absolute atomic E-state index is 13.6. The average molecular weight is 322 g/mol. The molecule has 0 aliphatic heterocycles. The van der Waals surface area contributed by atoms with Gasteiger partial charge in [0.25, 0.3) is 0 Å². The van der Waals surface area contributed by atoms with Gasteiger partial charge < -0.3 is 16.0 Å². The van der Waals surface area contributed by atoms with Gasteiger partial charge in [0, 0.05) is 26.1 Å². The topological polar surface area (TPSA) is 65.5 Å². The quantitative estimate of drug-likeness (QED) is 0.427. The summed E-state index contributed by atoms with van der Waals surface area (Å²) in [5.74, 6) is 0.398. The van der Waals surface area contributed by atoms with Gasteiger partial charge in [0.15, 0.2) is 5.96 Å². The summed E-state index contributed by atoms with van der Waals surface area (Å²) in [6, 6.07) is 5.11. The van der Waals surface area contributed by atoms with E-state index in [0.29, 0.717) is 24.6 Å². The van der Waals surface area contributed by atoms with E-state index < -0.39 is 0 Å². The van der Waals surface area contributed by atoms with Gasteiger partial charge in [-0.2, -0.15) is 0 Å². The molecule has 1 rings (SSSR count). The molecule has 128 valence electrons. The van der Waals surface area contributed by atoms with E-state index in [9.17, 15) is 9.18 Å². The average Bonchev–Trinajstić information content (AvgIpc) is 2.52. The Morgan fingerprint density at radius 3 is 2.43 bits per heavy atom. The number of carbonyl (C=O) groups excluding carboxylic acids is 1. The van der Waals surface area contributed by atoms with Gasteiger partial charge in [0.1, 0.15) is 5.82 Å². The molecule has 0 saturated heterocycles. The van der Waals surface area contributed by atoms with Gasteiger partial charge in [-0.15, -0.1) is 0 Å². The van der Waals surface area contributed by atoms with E-state index in [0.717, 1.165) is 5.56 Å². The third-order valence-corrected chi connectivity index (χ3v) is 3.51. The van der Waals surface area contributed by atoms with E-state index >= 15 is 0 Å². The predicted octanol–water partition coefficient (Wildman–Crippen LogP) is 2.13. The van der Waals surface area contributed by atoms with Crippen molar-refractivity contribution >= 4 is 11.9 Å². The number of rotatable bonds is 6. The van der Waals surface area contributed by atoms with Gasteiger partial charge in [0.2, 0.25) is 5.91 Å². The summed E-state index contributed by atoms with van der Waals surface area (Å²) in [4.78, 5) is 15.6. The Labute approximate surface area is 137 Å². The summed E-state index contributed by atoms with van der Waals surface area (Å²) in [5, 5.41) is 9.15. The molecule has 0 saturated carbocycles. The molecule has 1 aromatic carbocycles. The minimum absolute atomic E-state index is 0.0242. The molecule has 0 spiro atoms. The fraction of sp³-hybridized carbons (Fsp3) is 0.529. The lowest BCUT2D eigenvalue weighted by Gasteiger charge is -2.19. The third-order valence-electron chi connectivity index (χ3n) is 3.51. The van der Waals surface area contributed by atoms with Crippen LogP contribution in [0.1, 0.15) is 37.9 Å². The molecule has 0 fully saturated rings. The Morgan fingerprint density at radius 2 is 1.87 bits per heavy atom. The molecule has 0 aromatic heterocycles. The van der Waals surface area contributed by atoms with E-state index in [1.54, 1.807) is 20.0 Å². The SMILES string of the molecule is CN=C(NCCNC(=O)C(C)C)NC(C)c1ccc(C)c(F)c1. The highest BCUT2D eigenvalue weighted by molar-refractivity contribution is 5.80. The maximum Gasteiger partial charge on any atom is 0.222 e. The van der Waals surface area contributed by atoms with Crippen LogP contribution in [-0.2, 0) is 4.79 Å². The largest absolute Gasteiger partial charge is 0.355 e. The van der Waals surface area contributed by atoms with Crippen molar-refractivity contribution in [3.63, 3.8) is 0 Å². The minimum Gasteiger partial charge on any atom is -0.355 e. The van der Waals surface area contributed by atoms with Gasteiger partial charge in [-0.05, 0) is 31.0 Å². The molecule has 0 bridgehead atoms. The number of hydrogen-bond donors (Lipinski definition) is 3. The lowest BCUT2D eigenvalue weighted by atomic mass is 10.1. The minimum atomic E-state index is -0.213. The lowest BCUT2D eigenvalue weighted by Crippen LogP contribution is -2.42. The Morgan fingerprint density at radius 1 is 1.22 bits per heavy atom. The molecule has 1 aromatic rings. The fourth-order valence-corrected chi connectivity index (χ4v) is 1.93. The number of hydrogen-bond acceptors (Lipinski definition) is 2. The van der Waals surface area contributed by atoms with Crippen molar-refractivity contribution in [2.45, 2.75) is 33.7 Å². The van der Waals surface area contributed by atoms with Crippen LogP contribution in [0.25, 0.3) is 0 Å². The van der Waals surface area contributed by atoms with Crippen LogP contribution >= 0.6 is 0 Å². The van der Waals surface area contributed by atoms with E-state index in [-0.39, 0.29) is 23.7 Å². The van der Waals surface area contributed by atoms with Crippen molar-refractivity contribution in [1.82, 2.24) is 16.0 Å². The molecule has 6 heteroatoms. The van der Waals surface area contributed by atoms with Crippen molar-refractivity contribution in [2.75, 3.05) is 20.1 Å². The summed E-state index contributed by atoms with van der Waals surface area (Å²) in [5.41, 5.74) is 1.48. The van der Waals surface area contributed by atoms with Crippen molar-refractivity contribution in [3.05, 3.63) is 35.1 Å². The number of carbonyl (C=O) groups is 1. The van der Waals surface area contributed by atoms with Gasteiger partial charge >= 0.3 is 0 Å². The first-order chi connectivity index (χ1) is 10.8. The van der Waals surface area contributed by atoms with Crippen molar-refractivity contribution in [2.24, 2.45) is 10.9 Å². The third kappa shape index (κ3) is 6.26. The Kier molecular flexibility index (Phi) is 7.51. The highest BCUT2D eigenvalue weighted by Gasteiger charge is 2.10. The summed E-state index contributed by atoms with van der Waals surface area (Å²) < 4.78 is 13.6. The first-order valence-corrected chi connectivity index (χ1v) is 7.86. The Bertz CT molecular complexity index is 558. The molecule has 23 heavy (non-hydrogen) atoms. The molecule has 1 amide bonds. The molecule has 1 atom stereocenters. The first-order valence-electron chi connectivity index (χ1n) is 7.86. The number of benzene rings is 1. The second-order valence-corrected chi connectivity index (χ2v) is 5.82. The normalized spacial score (nSPS) is 12.9. The highest BCUT2D eigenvalue weighted by atomic mass is 19.1. The maximum atomic E-state index is 13.6. The zero-order valence-electron chi connectivity index (χ0n) is 14.5. The number of aliphatic imine (C=N–C) groups is 1. The molecular formula is C17H27FN4O. The molecule has 0 heterocycles. The lowest BCUT2D eigenvalue weighted by molar-refractivity contribution is -0.123. The summed E-state index contributed by atoms with van der Waals surface area (Å²) in [6.07, 6.45) is 0. The van der Waals surface area contributed by atoms with E-state index in [4.69, 9.17) is 0 Å². The molecule has 0 aliphatic carbocycles. The summed E-state index contributed by atoms with van der Waals surface area (Å²) in [7, 11) is 1.67. The standard InChI is InChI=1S/C17H27FN4O/c1-11(2)16(23)20-8-9-21-17(19-5)22-13(4)14-7-6-12(3)15(18)10-14/h6-7,10-11,13H,8-9H2,1-5H3,(H,20,23)(H2,19,21,22). The van der Waals surface area contributed by atoms with Gasteiger partial charge in [-0.25, -0.2) is 4.39 Å². The van der Waals surface area contributed by atoms with Crippen molar-refractivity contribution in [1.29, 1.82) is 0 Å². The zero-order valence-corrected chi connectivity index (χ0v) is 14.5. The second-order valence-electron chi connectivity index (χ2n) is 5.82. The molecule has 0 aliphatic rings. The smallest absolute Gasteiger partial charge is 0.222 e. The molecule has 0 radical (unpaired) electrons. The number of amides is 1. The Balaban J connectivity index is 2.46. The number of halogens is 1. The van der Waals surface area contributed by atoms with Crippen LogP contribution in [-0.4, -0.2) is 32.0 Å². The number of nitrogens with zero attached hydrogens (tertiary/aromatic N) is 1. The fourth-order valence-electron chi connectivity index (χ4n) is 1.93. The van der Waals surface area contributed by atoms with Crippen LogP contribution in [0, 0.1) is 18.7 Å². The van der Waals surface area contributed by atoms with E-state index in [1.165, 1.54) is 6.07 Å². The highest BCUT2D eigenvalue weighted by Crippen LogP contribution is 2.16. The second kappa shape index (κ2) is 9.12. The van der Waals surface area contributed by atoms with Crippen molar-refractivity contribution in [3.8, 4) is 0 Å². The predicted molar refractivity (Wildman–Crippen MR) is 91.9 cm³/mol. The van der Waals surface area contributed by atoms with Crippen LogP contribution in [0.5, 0.6) is 0 Å². The molecule has 5 nitrogen and oxygen atoms in total. The van der Waals surface area contributed by atoms with Gasteiger partial charge in [-0.3, -0.25) is 9.79 Å². The number of aryl methyl sites for hydroxylation is 1. The number of guanidine groups is 1. The molecule has 3 N–H and O–H groups in total. The van der Waals surface area contributed by atoms with Crippen LogP contribution in [0.2, 0.25) is 0 Å². The Hall–Kier alpha value is -2.11. The van der Waals surface area contributed by atoms with Gasteiger partial charge in [0.05, 0.1) is 6.04 Å². The molecule has 1 unspecified atom stereocenters. The first kappa shape index (κ1) is 18.9. The summed E-state index contributed by atoms with van der Waals surface area (Å²) in [6.45, 7) is 8.47. The van der Waals surface area contributed by atoms with Crippen LogP contribution < -0.4 is 16.0 Å². The van der Waals surface area contributed by atoms with Crippen LogP contribution in [0.15, 0.2) is 23.2 Å². The van der Waals surface area contributed by atoms with Crippen LogP contribution in [0.4, 0.5) is 4.39 Å². The van der Waals surface area contributed by atoms with Crippen molar-refractivity contribution < 1.29 is 9.18 Å². The monoisotopic (exact) mass is 322 g/mol. The van der Waals surface area contributed by atoms with E-state index in [2.05, 4.69) is 20.9 Å². The molecular weight excluding hydrogens is 295 g/mol.